The standard InChI is InChI=1S/C28H35N3O4.ClH/c1-5-28(17-29-27(32)18-15-22(33-2)25(35-4)23(16-18)34-3)12-8-13-31-14-11-20-19-9-6-7-10-21(19)30-24(20)26(28)31;/h6-7,9-10,15-16,26,30H,5,8,11-14,17H2,1-4H3,(H,29,32);1H. The van der Waals surface area contributed by atoms with E-state index in [9.17, 15) is 4.79 Å². The highest BCUT2D eigenvalue weighted by molar-refractivity contribution is 5.95. The van der Waals surface area contributed by atoms with E-state index in [2.05, 4.69) is 46.4 Å². The Labute approximate surface area is 218 Å². The lowest BCUT2D eigenvalue weighted by atomic mass is 9.68. The number of rotatable bonds is 7. The summed E-state index contributed by atoms with van der Waals surface area (Å²) in [5, 5.41) is 4.60. The van der Waals surface area contributed by atoms with Crippen molar-refractivity contribution in [1.82, 2.24) is 15.2 Å². The highest BCUT2D eigenvalue weighted by Crippen LogP contribution is 2.51. The number of benzene rings is 2. The molecule has 0 radical (unpaired) electrons. The highest BCUT2D eigenvalue weighted by Gasteiger charge is 2.47. The number of halogens is 1. The number of nitrogens with zero attached hydrogens (tertiary/aromatic N) is 1. The molecule has 0 bridgehead atoms. The molecular formula is C28H36ClN3O4. The van der Waals surface area contributed by atoms with Crippen molar-refractivity contribution >= 4 is 29.2 Å². The van der Waals surface area contributed by atoms with E-state index in [4.69, 9.17) is 14.2 Å². The third-order valence-electron chi connectivity index (χ3n) is 8.07. The monoisotopic (exact) mass is 513 g/mol. The van der Waals surface area contributed by atoms with E-state index in [1.165, 1.54) is 22.2 Å². The number of hydrogen-bond donors (Lipinski definition) is 2. The molecule has 2 aliphatic heterocycles. The molecule has 0 aliphatic carbocycles. The second-order valence-corrected chi connectivity index (χ2v) is 9.67. The number of aromatic nitrogens is 1. The molecule has 1 amide bonds. The van der Waals surface area contributed by atoms with Crippen molar-refractivity contribution in [2.24, 2.45) is 5.41 Å². The van der Waals surface area contributed by atoms with E-state index >= 15 is 0 Å². The molecule has 7 nitrogen and oxygen atoms in total. The van der Waals surface area contributed by atoms with Crippen molar-refractivity contribution in [3.05, 3.63) is 53.2 Å². The third kappa shape index (κ3) is 4.28. The van der Waals surface area contributed by atoms with Crippen molar-refractivity contribution in [3.63, 3.8) is 0 Å². The number of para-hydroxylation sites is 1. The van der Waals surface area contributed by atoms with E-state index in [1.807, 2.05) is 0 Å². The van der Waals surface area contributed by atoms with Crippen LogP contribution in [0.4, 0.5) is 0 Å². The predicted molar refractivity (Wildman–Crippen MR) is 144 cm³/mol. The first-order valence-electron chi connectivity index (χ1n) is 12.5. The van der Waals surface area contributed by atoms with E-state index in [-0.39, 0.29) is 29.8 Å². The number of nitrogens with one attached hydrogen (secondary N) is 2. The topological polar surface area (TPSA) is 75.8 Å². The molecule has 2 N–H and O–H groups in total. The van der Waals surface area contributed by atoms with Gasteiger partial charge in [0, 0.05) is 40.7 Å². The fourth-order valence-electron chi connectivity index (χ4n) is 6.25. The summed E-state index contributed by atoms with van der Waals surface area (Å²) in [5.41, 5.74) is 4.42. The zero-order valence-corrected chi connectivity index (χ0v) is 22.3. The Hall–Kier alpha value is -2.90. The van der Waals surface area contributed by atoms with Crippen LogP contribution in [0.25, 0.3) is 10.9 Å². The maximum atomic E-state index is 13.3. The van der Waals surface area contributed by atoms with Crippen molar-refractivity contribution in [1.29, 1.82) is 0 Å². The summed E-state index contributed by atoms with van der Waals surface area (Å²) in [4.78, 5) is 19.7. The Morgan fingerprint density at radius 1 is 1.11 bits per heavy atom. The number of aromatic amines is 1. The Morgan fingerprint density at radius 3 is 2.50 bits per heavy atom. The molecule has 0 saturated carbocycles. The average molecular weight is 514 g/mol. The van der Waals surface area contributed by atoms with Gasteiger partial charge in [-0.05, 0) is 56.0 Å². The Morgan fingerprint density at radius 2 is 1.83 bits per heavy atom. The smallest absolute Gasteiger partial charge is 0.251 e. The fourth-order valence-corrected chi connectivity index (χ4v) is 6.25. The van der Waals surface area contributed by atoms with Crippen LogP contribution in [0.5, 0.6) is 17.2 Å². The first-order valence-corrected chi connectivity index (χ1v) is 12.5. The summed E-state index contributed by atoms with van der Waals surface area (Å²) in [5.74, 6) is 1.29. The lowest BCUT2D eigenvalue weighted by Gasteiger charge is -2.52. The van der Waals surface area contributed by atoms with Crippen LogP contribution < -0.4 is 19.5 Å². The SMILES string of the molecule is CCC1(CNC(=O)c2cc(OC)c(OC)c(OC)c2)CCCN2CCc3c([nH]c4ccccc34)C21.Cl. The van der Waals surface area contributed by atoms with Crippen LogP contribution in [0.3, 0.4) is 0 Å². The molecule has 1 saturated heterocycles. The number of H-pyrrole nitrogens is 1. The minimum atomic E-state index is -0.137. The van der Waals surface area contributed by atoms with Gasteiger partial charge in [0.1, 0.15) is 0 Å². The summed E-state index contributed by atoms with van der Waals surface area (Å²) in [6.45, 7) is 5.02. The van der Waals surface area contributed by atoms with Crippen LogP contribution in [-0.4, -0.2) is 56.8 Å². The van der Waals surface area contributed by atoms with Gasteiger partial charge in [-0.1, -0.05) is 25.1 Å². The molecule has 36 heavy (non-hydrogen) atoms. The minimum absolute atomic E-state index is 0. The number of ether oxygens (including phenoxy) is 3. The minimum Gasteiger partial charge on any atom is -0.493 e. The zero-order chi connectivity index (χ0) is 24.6. The van der Waals surface area contributed by atoms with Crippen LogP contribution in [0.2, 0.25) is 0 Å². The van der Waals surface area contributed by atoms with E-state index in [0.717, 1.165) is 38.8 Å². The van der Waals surface area contributed by atoms with Crippen LogP contribution in [0, 0.1) is 5.41 Å². The van der Waals surface area contributed by atoms with Crippen molar-refractivity contribution in [2.75, 3.05) is 41.0 Å². The molecule has 0 spiro atoms. The number of fused-ring (bicyclic) bond motifs is 5. The number of amides is 1. The van der Waals surface area contributed by atoms with Gasteiger partial charge in [-0.15, -0.1) is 12.4 Å². The Bertz CT molecular complexity index is 1220. The van der Waals surface area contributed by atoms with Gasteiger partial charge in [-0.3, -0.25) is 9.69 Å². The first-order chi connectivity index (χ1) is 17.0. The summed E-state index contributed by atoms with van der Waals surface area (Å²) < 4.78 is 16.3. The second-order valence-electron chi connectivity index (χ2n) is 9.67. The highest BCUT2D eigenvalue weighted by atomic mass is 35.5. The average Bonchev–Trinajstić information content (AvgIpc) is 3.29. The summed E-state index contributed by atoms with van der Waals surface area (Å²) in [7, 11) is 4.67. The molecule has 2 aromatic carbocycles. The first kappa shape index (κ1) is 26.2. The fraction of sp³-hybridized carbons (Fsp3) is 0.464. The van der Waals surface area contributed by atoms with E-state index in [0.29, 0.717) is 29.4 Å². The Balaban J connectivity index is 0.00000304. The third-order valence-corrected chi connectivity index (χ3v) is 8.07. The van der Waals surface area contributed by atoms with Gasteiger partial charge in [-0.25, -0.2) is 0 Å². The van der Waals surface area contributed by atoms with Gasteiger partial charge in [0.15, 0.2) is 11.5 Å². The largest absolute Gasteiger partial charge is 0.493 e. The van der Waals surface area contributed by atoms with Crippen molar-refractivity contribution < 1.29 is 19.0 Å². The summed E-state index contributed by atoms with van der Waals surface area (Å²) in [6, 6.07) is 12.3. The molecule has 194 valence electrons. The molecule has 8 heteroatoms. The molecule has 2 aliphatic rings. The summed E-state index contributed by atoms with van der Waals surface area (Å²) >= 11 is 0. The van der Waals surface area contributed by atoms with Gasteiger partial charge in [0.05, 0.1) is 27.4 Å². The zero-order valence-electron chi connectivity index (χ0n) is 21.5. The van der Waals surface area contributed by atoms with Gasteiger partial charge in [0.2, 0.25) is 5.75 Å². The molecule has 2 unspecified atom stereocenters. The van der Waals surface area contributed by atoms with Crippen molar-refractivity contribution in [3.8, 4) is 17.2 Å². The predicted octanol–water partition coefficient (Wildman–Crippen LogP) is 5.13. The maximum absolute atomic E-state index is 13.3. The molecule has 3 heterocycles. The number of methoxy groups -OCH3 is 3. The summed E-state index contributed by atoms with van der Waals surface area (Å²) in [6.07, 6.45) is 4.26. The van der Waals surface area contributed by atoms with Crippen LogP contribution in [0.15, 0.2) is 36.4 Å². The number of carbonyl (C=O) groups is 1. The quantitative estimate of drug-likeness (QED) is 0.458. The van der Waals surface area contributed by atoms with E-state index in [1.54, 1.807) is 33.5 Å². The van der Waals surface area contributed by atoms with Gasteiger partial charge in [-0.2, -0.15) is 0 Å². The molecule has 5 rings (SSSR count). The van der Waals surface area contributed by atoms with Gasteiger partial charge < -0.3 is 24.5 Å². The van der Waals surface area contributed by atoms with Gasteiger partial charge >= 0.3 is 0 Å². The lowest BCUT2D eigenvalue weighted by molar-refractivity contribution is -0.000300. The van der Waals surface area contributed by atoms with E-state index < -0.39 is 0 Å². The lowest BCUT2D eigenvalue weighted by Crippen LogP contribution is -2.53. The van der Waals surface area contributed by atoms with Crippen molar-refractivity contribution in [2.45, 2.75) is 38.6 Å². The number of hydrogen-bond acceptors (Lipinski definition) is 5. The molecule has 1 aromatic heterocycles. The number of piperidine rings is 1. The number of carbonyl (C=O) groups excluding carboxylic acids is 1. The molecule has 2 atom stereocenters. The van der Waals surface area contributed by atoms with Gasteiger partial charge in [0.25, 0.3) is 5.91 Å². The molecule has 1 fully saturated rings. The molecular weight excluding hydrogens is 478 g/mol. The van der Waals surface area contributed by atoms with Crippen LogP contribution >= 0.6 is 12.4 Å². The normalized spacial score (nSPS) is 21.2. The Kier molecular flexibility index (Phi) is 7.71. The second kappa shape index (κ2) is 10.6. The maximum Gasteiger partial charge on any atom is 0.251 e. The van der Waals surface area contributed by atoms with Crippen LogP contribution in [0.1, 0.15) is 53.8 Å². The molecule has 3 aromatic rings. The van der Waals surface area contributed by atoms with Crippen LogP contribution in [-0.2, 0) is 6.42 Å².